The molecule has 2 fully saturated rings. The van der Waals surface area contributed by atoms with E-state index >= 15 is 0 Å². The summed E-state index contributed by atoms with van der Waals surface area (Å²) in [5, 5.41) is 3.04. The molecule has 0 unspecified atom stereocenters. The highest BCUT2D eigenvalue weighted by molar-refractivity contribution is 5.81. The number of rotatable bonds is 4. The van der Waals surface area contributed by atoms with Crippen LogP contribution in [0.4, 0.5) is 4.79 Å². The molecule has 0 bridgehead atoms. The zero-order chi connectivity index (χ0) is 18.3. The molecule has 2 atom stereocenters. The van der Waals surface area contributed by atoms with Crippen molar-refractivity contribution in [3.8, 4) is 0 Å². The average Bonchev–Trinajstić information content (AvgIpc) is 3.19. The van der Waals surface area contributed by atoms with E-state index < -0.39 is 17.2 Å². The maximum absolute atomic E-state index is 12.7. The van der Waals surface area contributed by atoms with Crippen molar-refractivity contribution in [1.29, 1.82) is 0 Å². The minimum Gasteiger partial charge on any atom is -0.444 e. The normalized spacial score (nSPS) is 30.3. The maximum Gasteiger partial charge on any atom is 0.408 e. The molecule has 136 valence electrons. The van der Waals surface area contributed by atoms with Gasteiger partial charge in [-0.25, -0.2) is 4.79 Å². The van der Waals surface area contributed by atoms with Crippen LogP contribution in [0, 0.1) is 5.92 Å². The number of carbonyl (C=O) groups is 2. The summed E-state index contributed by atoms with van der Waals surface area (Å²) >= 11 is 0. The Morgan fingerprint density at radius 1 is 1.40 bits per heavy atom. The summed E-state index contributed by atoms with van der Waals surface area (Å²) in [6.07, 6.45) is 12.5. The minimum atomic E-state index is -0.524. The summed E-state index contributed by atoms with van der Waals surface area (Å²) in [5.41, 5.74) is -1.27. The monoisotopic (exact) mass is 344 g/mol. The first-order chi connectivity index (χ1) is 11.7. The molecule has 2 aliphatic carbocycles. The first-order valence-corrected chi connectivity index (χ1v) is 8.99. The standard InChI is InChI=1S/C20H28N2O3/c1-5-19(9-7-6-8-10-19)22-14-15(13-16(22)23)20(11-12-20)21-17(24)25-18(2,3)4/h5-9,15H,1,10-14H2,2-4H3,(H,21,24)/t15-,19+/m1/s1. The number of ether oxygens (including phenoxy) is 1. The van der Waals surface area contributed by atoms with Crippen LogP contribution in [0.3, 0.4) is 0 Å². The summed E-state index contributed by atoms with van der Waals surface area (Å²) in [5.74, 6) is 0.241. The molecule has 3 aliphatic rings. The Labute approximate surface area is 149 Å². The molecule has 0 aromatic heterocycles. The van der Waals surface area contributed by atoms with Crippen molar-refractivity contribution in [1.82, 2.24) is 10.2 Å². The lowest BCUT2D eigenvalue weighted by Crippen LogP contribution is -2.49. The van der Waals surface area contributed by atoms with E-state index in [4.69, 9.17) is 4.74 Å². The molecule has 25 heavy (non-hydrogen) atoms. The quantitative estimate of drug-likeness (QED) is 0.796. The van der Waals surface area contributed by atoms with Gasteiger partial charge in [0.1, 0.15) is 5.60 Å². The molecule has 5 heteroatoms. The van der Waals surface area contributed by atoms with Crippen LogP contribution >= 0.6 is 0 Å². The highest BCUT2D eigenvalue weighted by Crippen LogP contribution is 2.48. The van der Waals surface area contributed by atoms with Gasteiger partial charge < -0.3 is 15.0 Å². The molecule has 0 aromatic carbocycles. The molecule has 1 saturated heterocycles. The van der Waals surface area contributed by atoms with Gasteiger partial charge in [-0.1, -0.05) is 30.4 Å². The number of hydrogen-bond acceptors (Lipinski definition) is 3. The van der Waals surface area contributed by atoms with Crippen LogP contribution < -0.4 is 5.32 Å². The van der Waals surface area contributed by atoms with Crippen LogP contribution in [-0.2, 0) is 9.53 Å². The largest absolute Gasteiger partial charge is 0.444 e. The van der Waals surface area contributed by atoms with Crippen molar-refractivity contribution >= 4 is 12.0 Å². The van der Waals surface area contributed by atoms with Crippen LogP contribution in [-0.4, -0.2) is 40.1 Å². The van der Waals surface area contributed by atoms with Gasteiger partial charge in [0.15, 0.2) is 0 Å². The molecule has 1 aliphatic heterocycles. The number of hydrogen-bond donors (Lipinski definition) is 1. The third-order valence-corrected chi connectivity index (χ3v) is 5.38. The van der Waals surface area contributed by atoms with E-state index in [1.54, 1.807) is 0 Å². The number of nitrogens with one attached hydrogen (secondary N) is 1. The smallest absolute Gasteiger partial charge is 0.408 e. The molecular formula is C20H28N2O3. The molecule has 0 aromatic rings. The van der Waals surface area contributed by atoms with E-state index in [0.29, 0.717) is 13.0 Å². The summed E-state index contributed by atoms with van der Waals surface area (Å²) in [6, 6.07) is 0. The number of likely N-dealkylation sites (tertiary alicyclic amines) is 1. The topological polar surface area (TPSA) is 58.6 Å². The lowest BCUT2D eigenvalue weighted by atomic mass is 9.89. The fraction of sp³-hybridized carbons (Fsp3) is 0.600. The predicted octanol–water partition coefficient (Wildman–Crippen LogP) is 3.33. The second-order valence-corrected chi connectivity index (χ2v) is 8.38. The van der Waals surface area contributed by atoms with E-state index in [1.807, 2.05) is 50.0 Å². The Bertz CT molecular complexity index is 640. The highest BCUT2D eigenvalue weighted by Gasteiger charge is 2.56. The molecule has 5 nitrogen and oxygen atoms in total. The van der Waals surface area contributed by atoms with Crippen molar-refractivity contribution in [2.75, 3.05) is 6.54 Å². The summed E-state index contributed by atoms with van der Waals surface area (Å²) in [4.78, 5) is 26.8. The molecule has 0 radical (unpaired) electrons. The Morgan fingerprint density at radius 2 is 2.12 bits per heavy atom. The van der Waals surface area contributed by atoms with Crippen LogP contribution in [0.5, 0.6) is 0 Å². The van der Waals surface area contributed by atoms with Gasteiger partial charge in [-0.15, -0.1) is 6.58 Å². The average molecular weight is 344 g/mol. The fourth-order valence-corrected chi connectivity index (χ4v) is 3.84. The minimum absolute atomic E-state index is 0.114. The van der Waals surface area contributed by atoms with Crippen LogP contribution in [0.2, 0.25) is 0 Å². The third-order valence-electron chi connectivity index (χ3n) is 5.38. The van der Waals surface area contributed by atoms with Crippen LogP contribution in [0.15, 0.2) is 37.0 Å². The van der Waals surface area contributed by atoms with Crippen molar-refractivity contribution in [2.24, 2.45) is 5.92 Å². The van der Waals surface area contributed by atoms with Crippen LogP contribution in [0.25, 0.3) is 0 Å². The van der Waals surface area contributed by atoms with E-state index in [-0.39, 0.29) is 17.4 Å². The van der Waals surface area contributed by atoms with Gasteiger partial charge in [0, 0.05) is 24.4 Å². The van der Waals surface area contributed by atoms with Crippen molar-refractivity contribution < 1.29 is 14.3 Å². The first kappa shape index (κ1) is 17.8. The lowest BCUT2D eigenvalue weighted by molar-refractivity contribution is -0.130. The van der Waals surface area contributed by atoms with Gasteiger partial charge in [-0.05, 0) is 40.0 Å². The molecule has 1 N–H and O–H groups in total. The Balaban J connectivity index is 1.70. The summed E-state index contributed by atoms with van der Waals surface area (Å²) in [7, 11) is 0. The number of alkyl carbamates (subject to hydrolysis) is 1. The second kappa shape index (κ2) is 6.04. The van der Waals surface area contributed by atoms with E-state index in [1.165, 1.54) is 0 Å². The molecule has 0 spiro atoms. The van der Waals surface area contributed by atoms with Crippen molar-refractivity contribution in [2.45, 2.75) is 63.1 Å². The first-order valence-electron chi connectivity index (χ1n) is 8.99. The lowest BCUT2D eigenvalue weighted by Gasteiger charge is -2.38. The van der Waals surface area contributed by atoms with E-state index in [0.717, 1.165) is 19.3 Å². The van der Waals surface area contributed by atoms with Crippen molar-refractivity contribution in [3.05, 3.63) is 37.0 Å². The zero-order valence-corrected chi connectivity index (χ0v) is 15.4. The Kier molecular flexibility index (Phi) is 4.30. The molecule has 1 saturated carbocycles. The zero-order valence-electron chi connectivity index (χ0n) is 15.4. The van der Waals surface area contributed by atoms with Gasteiger partial charge in [0.2, 0.25) is 5.91 Å². The third kappa shape index (κ3) is 3.51. The van der Waals surface area contributed by atoms with Gasteiger partial charge in [0.05, 0.1) is 5.54 Å². The number of amides is 2. The SMILES string of the molecule is C=C[C@]1(N2C[C@H](C3(NC(=O)OC(C)(C)C)CC3)CC2=O)C=CC=CC1. The number of nitrogens with zero attached hydrogens (tertiary/aromatic N) is 1. The van der Waals surface area contributed by atoms with Gasteiger partial charge >= 0.3 is 6.09 Å². The fourth-order valence-electron chi connectivity index (χ4n) is 3.84. The summed E-state index contributed by atoms with van der Waals surface area (Å²) in [6.45, 7) is 10.1. The van der Waals surface area contributed by atoms with Crippen LogP contribution in [0.1, 0.15) is 46.5 Å². The Morgan fingerprint density at radius 3 is 2.64 bits per heavy atom. The van der Waals surface area contributed by atoms with Gasteiger partial charge in [0.25, 0.3) is 0 Å². The van der Waals surface area contributed by atoms with E-state index in [2.05, 4.69) is 18.0 Å². The molecule has 3 rings (SSSR count). The van der Waals surface area contributed by atoms with Crippen molar-refractivity contribution in [3.63, 3.8) is 0 Å². The molecular weight excluding hydrogens is 316 g/mol. The molecule has 2 amide bonds. The Hall–Kier alpha value is -2.04. The predicted molar refractivity (Wildman–Crippen MR) is 97.0 cm³/mol. The van der Waals surface area contributed by atoms with Gasteiger partial charge in [-0.3, -0.25) is 4.79 Å². The van der Waals surface area contributed by atoms with E-state index in [9.17, 15) is 9.59 Å². The maximum atomic E-state index is 12.7. The highest BCUT2D eigenvalue weighted by atomic mass is 16.6. The van der Waals surface area contributed by atoms with Gasteiger partial charge in [-0.2, -0.15) is 0 Å². The number of allylic oxidation sites excluding steroid dienone is 2. The summed E-state index contributed by atoms with van der Waals surface area (Å²) < 4.78 is 5.40. The second-order valence-electron chi connectivity index (χ2n) is 8.38. The molecule has 1 heterocycles. The number of carbonyl (C=O) groups excluding carboxylic acids is 2.